The predicted molar refractivity (Wildman–Crippen MR) is 87.0 cm³/mol. The maximum Gasteiger partial charge on any atom is 0.234 e. The van der Waals surface area contributed by atoms with Crippen LogP contribution < -0.4 is 5.32 Å². The Hall–Kier alpha value is -0.910. The van der Waals surface area contributed by atoms with E-state index in [1.54, 1.807) is 0 Å². The molecule has 1 aromatic rings. The van der Waals surface area contributed by atoms with Crippen molar-refractivity contribution < 1.29 is 9.90 Å². The van der Waals surface area contributed by atoms with E-state index in [2.05, 4.69) is 26.1 Å². The summed E-state index contributed by atoms with van der Waals surface area (Å²) in [4.78, 5) is 14.2. The summed E-state index contributed by atoms with van der Waals surface area (Å²) in [6.45, 7) is 5.79. The summed E-state index contributed by atoms with van der Waals surface area (Å²) in [5.41, 5.74) is 0.519. The molecule has 1 heterocycles. The Bertz CT molecular complexity index is 478. The second-order valence-electron chi connectivity index (χ2n) is 6.11. The molecule has 2 rings (SSSR count). The smallest absolute Gasteiger partial charge is 0.234 e. The SMILES string of the molecule is CC(NC(=O)CN1CCC(C)(O)CC1)c1ccc(Br)cc1. The molecule has 5 heteroatoms. The highest BCUT2D eigenvalue weighted by atomic mass is 79.9. The Labute approximate surface area is 134 Å². The topological polar surface area (TPSA) is 52.6 Å². The van der Waals surface area contributed by atoms with E-state index < -0.39 is 5.60 Å². The van der Waals surface area contributed by atoms with Crippen LogP contribution in [0.25, 0.3) is 0 Å². The van der Waals surface area contributed by atoms with Crippen LogP contribution in [0.1, 0.15) is 38.3 Å². The lowest BCUT2D eigenvalue weighted by Crippen LogP contribution is -2.46. The predicted octanol–water partition coefficient (Wildman–Crippen LogP) is 2.47. The number of benzene rings is 1. The molecule has 0 saturated carbocycles. The van der Waals surface area contributed by atoms with Gasteiger partial charge in [-0.15, -0.1) is 0 Å². The van der Waals surface area contributed by atoms with Crippen molar-refractivity contribution in [1.82, 2.24) is 10.2 Å². The van der Waals surface area contributed by atoms with Crippen LogP contribution in [0.3, 0.4) is 0 Å². The highest BCUT2D eigenvalue weighted by Gasteiger charge is 2.28. The van der Waals surface area contributed by atoms with Gasteiger partial charge in [0.15, 0.2) is 0 Å². The zero-order chi connectivity index (χ0) is 15.5. The molecule has 0 radical (unpaired) electrons. The van der Waals surface area contributed by atoms with E-state index in [1.165, 1.54) is 0 Å². The van der Waals surface area contributed by atoms with Crippen molar-refractivity contribution in [1.29, 1.82) is 0 Å². The van der Waals surface area contributed by atoms with Crippen LogP contribution in [-0.4, -0.2) is 41.1 Å². The normalized spacial score (nSPS) is 20.0. The van der Waals surface area contributed by atoms with Gasteiger partial charge in [-0.3, -0.25) is 9.69 Å². The first kappa shape index (κ1) is 16.5. The number of hydrogen-bond acceptors (Lipinski definition) is 3. The number of amides is 1. The fourth-order valence-corrected chi connectivity index (χ4v) is 2.78. The van der Waals surface area contributed by atoms with E-state index in [0.717, 1.165) is 36.0 Å². The Kier molecular flexibility index (Phi) is 5.41. The Balaban J connectivity index is 1.80. The average Bonchev–Trinajstić information content (AvgIpc) is 2.42. The summed E-state index contributed by atoms with van der Waals surface area (Å²) < 4.78 is 1.03. The van der Waals surface area contributed by atoms with Crippen LogP contribution >= 0.6 is 15.9 Å². The summed E-state index contributed by atoms with van der Waals surface area (Å²) in [6.07, 6.45) is 1.45. The van der Waals surface area contributed by atoms with Gasteiger partial charge >= 0.3 is 0 Å². The minimum absolute atomic E-state index is 0.00139. The van der Waals surface area contributed by atoms with Gasteiger partial charge in [0.1, 0.15) is 0 Å². The number of aliphatic hydroxyl groups is 1. The molecule has 1 aliphatic rings. The lowest BCUT2D eigenvalue weighted by molar-refractivity contribution is -0.124. The van der Waals surface area contributed by atoms with Crippen molar-refractivity contribution in [3.63, 3.8) is 0 Å². The van der Waals surface area contributed by atoms with Gasteiger partial charge in [0.05, 0.1) is 18.2 Å². The monoisotopic (exact) mass is 354 g/mol. The lowest BCUT2D eigenvalue weighted by Gasteiger charge is -2.35. The van der Waals surface area contributed by atoms with E-state index >= 15 is 0 Å². The number of likely N-dealkylation sites (tertiary alicyclic amines) is 1. The molecular weight excluding hydrogens is 332 g/mol. The molecule has 1 atom stereocenters. The minimum atomic E-state index is -0.572. The quantitative estimate of drug-likeness (QED) is 0.873. The van der Waals surface area contributed by atoms with Crippen molar-refractivity contribution >= 4 is 21.8 Å². The molecule has 2 N–H and O–H groups in total. The molecule has 0 bridgehead atoms. The van der Waals surface area contributed by atoms with E-state index in [9.17, 15) is 9.90 Å². The molecule has 116 valence electrons. The molecule has 21 heavy (non-hydrogen) atoms. The number of nitrogens with one attached hydrogen (secondary N) is 1. The Morgan fingerprint density at radius 1 is 1.38 bits per heavy atom. The summed E-state index contributed by atoms with van der Waals surface area (Å²) >= 11 is 3.41. The van der Waals surface area contributed by atoms with E-state index in [0.29, 0.717) is 6.54 Å². The summed E-state index contributed by atoms with van der Waals surface area (Å²) in [5.74, 6) is 0.0342. The highest BCUT2D eigenvalue weighted by Crippen LogP contribution is 2.21. The van der Waals surface area contributed by atoms with Gasteiger partial charge in [0, 0.05) is 17.6 Å². The van der Waals surface area contributed by atoms with Gasteiger partial charge in [-0.05, 0) is 44.4 Å². The van der Waals surface area contributed by atoms with Gasteiger partial charge in [-0.1, -0.05) is 28.1 Å². The highest BCUT2D eigenvalue weighted by molar-refractivity contribution is 9.10. The van der Waals surface area contributed by atoms with Crippen LogP contribution in [0.15, 0.2) is 28.7 Å². The largest absolute Gasteiger partial charge is 0.390 e. The molecule has 4 nitrogen and oxygen atoms in total. The van der Waals surface area contributed by atoms with E-state index in [4.69, 9.17) is 0 Å². The molecule has 1 amide bonds. The number of rotatable bonds is 4. The molecule has 1 saturated heterocycles. The first-order chi connectivity index (χ1) is 9.85. The van der Waals surface area contributed by atoms with Gasteiger partial charge in [-0.25, -0.2) is 0 Å². The summed E-state index contributed by atoms with van der Waals surface area (Å²) in [7, 11) is 0. The number of nitrogens with zero attached hydrogens (tertiary/aromatic N) is 1. The summed E-state index contributed by atoms with van der Waals surface area (Å²) in [5, 5.41) is 12.9. The third-order valence-corrected chi connectivity index (χ3v) is 4.58. The molecule has 0 spiro atoms. The zero-order valence-electron chi connectivity index (χ0n) is 12.6. The van der Waals surface area contributed by atoms with Crippen LogP contribution in [-0.2, 0) is 4.79 Å². The van der Waals surface area contributed by atoms with Crippen LogP contribution in [0, 0.1) is 0 Å². The molecule has 1 unspecified atom stereocenters. The van der Waals surface area contributed by atoms with Gasteiger partial charge < -0.3 is 10.4 Å². The number of halogens is 1. The average molecular weight is 355 g/mol. The van der Waals surface area contributed by atoms with Crippen molar-refractivity contribution in [2.24, 2.45) is 0 Å². The van der Waals surface area contributed by atoms with Gasteiger partial charge in [-0.2, -0.15) is 0 Å². The standard InChI is InChI=1S/C16H23BrN2O2/c1-12(13-3-5-14(17)6-4-13)18-15(20)11-19-9-7-16(2,21)8-10-19/h3-6,12,21H,7-11H2,1-2H3,(H,18,20). The third-order valence-electron chi connectivity index (χ3n) is 4.05. The first-order valence-corrected chi connectivity index (χ1v) is 8.15. The van der Waals surface area contributed by atoms with Gasteiger partial charge in [0.2, 0.25) is 5.91 Å². The van der Waals surface area contributed by atoms with Crippen molar-refractivity contribution in [2.45, 2.75) is 38.3 Å². The first-order valence-electron chi connectivity index (χ1n) is 7.35. The van der Waals surface area contributed by atoms with Gasteiger partial charge in [0.25, 0.3) is 0 Å². The third kappa shape index (κ3) is 5.09. The number of carbonyl (C=O) groups excluding carboxylic acids is 1. The molecule has 0 aromatic heterocycles. The second kappa shape index (κ2) is 6.90. The number of hydrogen-bond donors (Lipinski definition) is 2. The fourth-order valence-electron chi connectivity index (χ4n) is 2.52. The molecule has 1 fully saturated rings. The second-order valence-corrected chi connectivity index (χ2v) is 7.03. The lowest BCUT2D eigenvalue weighted by atomic mass is 9.94. The van der Waals surface area contributed by atoms with Crippen molar-refractivity contribution in [3.05, 3.63) is 34.3 Å². The molecule has 0 aliphatic carbocycles. The maximum atomic E-state index is 12.1. The fraction of sp³-hybridized carbons (Fsp3) is 0.562. The van der Waals surface area contributed by atoms with Crippen molar-refractivity contribution in [3.8, 4) is 0 Å². The van der Waals surface area contributed by atoms with Crippen molar-refractivity contribution in [2.75, 3.05) is 19.6 Å². The molecular formula is C16H23BrN2O2. The number of carbonyl (C=O) groups is 1. The van der Waals surface area contributed by atoms with E-state index in [-0.39, 0.29) is 11.9 Å². The van der Waals surface area contributed by atoms with Crippen LogP contribution in [0.2, 0.25) is 0 Å². The Morgan fingerprint density at radius 3 is 2.52 bits per heavy atom. The molecule has 1 aromatic carbocycles. The van der Waals surface area contributed by atoms with Crippen LogP contribution in [0.4, 0.5) is 0 Å². The minimum Gasteiger partial charge on any atom is -0.390 e. The van der Waals surface area contributed by atoms with Crippen LogP contribution in [0.5, 0.6) is 0 Å². The maximum absolute atomic E-state index is 12.1. The zero-order valence-corrected chi connectivity index (χ0v) is 14.2. The summed E-state index contributed by atoms with van der Waals surface area (Å²) in [6, 6.07) is 7.97. The molecule has 1 aliphatic heterocycles. The number of piperidine rings is 1. The Morgan fingerprint density at radius 2 is 1.95 bits per heavy atom. The van der Waals surface area contributed by atoms with E-state index in [1.807, 2.05) is 38.1 Å².